The van der Waals surface area contributed by atoms with Crippen molar-refractivity contribution in [1.29, 1.82) is 0 Å². The van der Waals surface area contributed by atoms with Crippen LogP contribution in [0.2, 0.25) is 0 Å². The summed E-state index contributed by atoms with van der Waals surface area (Å²) in [6, 6.07) is 0.842. The van der Waals surface area contributed by atoms with E-state index in [1.807, 2.05) is 11.8 Å². The summed E-state index contributed by atoms with van der Waals surface area (Å²) in [5.74, 6) is 2.29. The second kappa shape index (κ2) is 7.58. The molecule has 2 atom stereocenters. The van der Waals surface area contributed by atoms with Crippen LogP contribution in [0.5, 0.6) is 0 Å². The van der Waals surface area contributed by atoms with E-state index in [0.717, 1.165) is 12.0 Å². The van der Waals surface area contributed by atoms with Gasteiger partial charge in [0.1, 0.15) is 0 Å². The van der Waals surface area contributed by atoms with Gasteiger partial charge in [0.25, 0.3) is 0 Å². The molecule has 0 aliphatic heterocycles. The van der Waals surface area contributed by atoms with Crippen molar-refractivity contribution in [2.45, 2.75) is 51.5 Å². The number of rotatable bonds is 7. The van der Waals surface area contributed by atoms with E-state index in [4.69, 9.17) is 0 Å². The minimum absolute atomic E-state index is 0.842. The fraction of sp³-hybridized carbons (Fsp3) is 1.00. The van der Waals surface area contributed by atoms with Crippen LogP contribution in [0.3, 0.4) is 0 Å². The first-order chi connectivity index (χ1) is 6.88. The molecular weight excluding hydrogens is 190 g/mol. The Bertz CT molecular complexity index is 138. The van der Waals surface area contributed by atoms with E-state index in [9.17, 15) is 0 Å². The third kappa shape index (κ3) is 4.22. The fourth-order valence-corrected chi connectivity index (χ4v) is 2.95. The van der Waals surface area contributed by atoms with Crippen LogP contribution >= 0.6 is 11.8 Å². The van der Waals surface area contributed by atoms with E-state index in [0.29, 0.717) is 0 Å². The molecule has 1 fully saturated rings. The second-order valence-corrected chi connectivity index (χ2v) is 5.35. The van der Waals surface area contributed by atoms with Crippen molar-refractivity contribution in [1.82, 2.24) is 5.32 Å². The highest BCUT2D eigenvalue weighted by Crippen LogP contribution is 2.27. The maximum atomic E-state index is 3.73. The Morgan fingerprint density at radius 2 is 2.14 bits per heavy atom. The zero-order valence-electron chi connectivity index (χ0n) is 9.72. The highest BCUT2D eigenvalue weighted by molar-refractivity contribution is 7.98. The number of hydrogen-bond donors (Lipinski definition) is 1. The summed E-state index contributed by atoms with van der Waals surface area (Å²) in [6.45, 7) is 3.57. The molecule has 0 spiro atoms. The summed E-state index contributed by atoms with van der Waals surface area (Å²) in [7, 11) is 0. The summed E-state index contributed by atoms with van der Waals surface area (Å²) in [6.07, 6.45) is 10.6. The standard InChI is InChI=1S/C12H25NS/c1-3-11-7-6-8-12(11)13-9-4-5-10-14-2/h11-13H,3-10H2,1-2H3. The Balaban J connectivity index is 2.00. The quantitative estimate of drug-likeness (QED) is 0.654. The number of thioether (sulfide) groups is 1. The average Bonchev–Trinajstić information content (AvgIpc) is 2.65. The van der Waals surface area contributed by atoms with Crippen LogP contribution in [0.4, 0.5) is 0 Å². The first kappa shape index (κ1) is 12.4. The number of nitrogens with one attached hydrogen (secondary N) is 1. The molecule has 1 nitrogen and oxygen atoms in total. The first-order valence-corrected chi connectivity index (χ1v) is 7.50. The van der Waals surface area contributed by atoms with E-state index in [1.54, 1.807) is 0 Å². The molecular formula is C12H25NS. The van der Waals surface area contributed by atoms with Crippen molar-refractivity contribution in [3.63, 3.8) is 0 Å². The molecule has 0 amide bonds. The molecule has 1 saturated carbocycles. The van der Waals surface area contributed by atoms with Gasteiger partial charge in [-0.1, -0.05) is 19.8 Å². The monoisotopic (exact) mass is 215 g/mol. The van der Waals surface area contributed by atoms with Crippen molar-refractivity contribution in [2.75, 3.05) is 18.6 Å². The Morgan fingerprint density at radius 1 is 1.29 bits per heavy atom. The van der Waals surface area contributed by atoms with Crippen LogP contribution in [0.25, 0.3) is 0 Å². The molecule has 84 valence electrons. The van der Waals surface area contributed by atoms with Gasteiger partial charge in [-0.25, -0.2) is 0 Å². The van der Waals surface area contributed by atoms with E-state index < -0.39 is 0 Å². The predicted molar refractivity (Wildman–Crippen MR) is 67.0 cm³/mol. The first-order valence-electron chi connectivity index (χ1n) is 6.10. The van der Waals surface area contributed by atoms with Crippen molar-refractivity contribution >= 4 is 11.8 Å². The third-order valence-corrected chi connectivity index (χ3v) is 4.06. The average molecular weight is 215 g/mol. The van der Waals surface area contributed by atoms with Crippen molar-refractivity contribution in [3.8, 4) is 0 Å². The smallest absolute Gasteiger partial charge is 0.00952 e. The lowest BCUT2D eigenvalue weighted by Crippen LogP contribution is -2.32. The van der Waals surface area contributed by atoms with Gasteiger partial charge in [0.2, 0.25) is 0 Å². The molecule has 1 N–H and O–H groups in total. The molecule has 0 aromatic carbocycles. The fourth-order valence-electron chi connectivity index (χ4n) is 2.45. The molecule has 1 rings (SSSR count). The number of unbranched alkanes of at least 4 members (excludes halogenated alkanes) is 1. The lowest BCUT2D eigenvalue weighted by atomic mass is 10.0. The molecule has 2 heteroatoms. The normalized spacial score (nSPS) is 27.0. The molecule has 0 heterocycles. The molecule has 0 aromatic heterocycles. The number of hydrogen-bond acceptors (Lipinski definition) is 2. The Kier molecular flexibility index (Phi) is 6.70. The molecule has 1 aliphatic rings. The van der Waals surface area contributed by atoms with E-state index in [2.05, 4.69) is 18.5 Å². The van der Waals surface area contributed by atoms with Crippen molar-refractivity contribution in [2.24, 2.45) is 5.92 Å². The Hall–Kier alpha value is 0.310. The van der Waals surface area contributed by atoms with Gasteiger partial charge in [0, 0.05) is 6.04 Å². The minimum Gasteiger partial charge on any atom is -0.314 e. The molecule has 14 heavy (non-hydrogen) atoms. The molecule has 0 radical (unpaired) electrons. The van der Waals surface area contributed by atoms with Crippen LogP contribution in [0.15, 0.2) is 0 Å². The maximum Gasteiger partial charge on any atom is 0.00952 e. The molecule has 1 aliphatic carbocycles. The van der Waals surface area contributed by atoms with Gasteiger partial charge >= 0.3 is 0 Å². The van der Waals surface area contributed by atoms with Crippen molar-refractivity contribution < 1.29 is 0 Å². The third-order valence-electron chi connectivity index (χ3n) is 3.37. The lowest BCUT2D eigenvalue weighted by Gasteiger charge is -2.19. The Morgan fingerprint density at radius 3 is 2.86 bits per heavy atom. The largest absolute Gasteiger partial charge is 0.314 e. The van der Waals surface area contributed by atoms with E-state index in [1.165, 1.54) is 50.8 Å². The molecule has 0 aromatic rings. The van der Waals surface area contributed by atoms with Gasteiger partial charge in [0.05, 0.1) is 0 Å². The summed E-state index contributed by atoms with van der Waals surface area (Å²) in [4.78, 5) is 0. The highest BCUT2D eigenvalue weighted by atomic mass is 32.2. The topological polar surface area (TPSA) is 12.0 Å². The highest BCUT2D eigenvalue weighted by Gasteiger charge is 2.24. The van der Waals surface area contributed by atoms with Crippen LogP contribution in [-0.2, 0) is 0 Å². The maximum absolute atomic E-state index is 3.73. The molecule has 0 saturated heterocycles. The summed E-state index contributed by atoms with van der Waals surface area (Å²) >= 11 is 1.96. The van der Waals surface area contributed by atoms with Gasteiger partial charge < -0.3 is 5.32 Å². The lowest BCUT2D eigenvalue weighted by molar-refractivity contribution is 0.388. The van der Waals surface area contributed by atoms with Crippen molar-refractivity contribution in [3.05, 3.63) is 0 Å². The van der Waals surface area contributed by atoms with Crippen LogP contribution in [-0.4, -0.2) is 24.6 Å². The van der Waals surface area contributed by atoms with Gasteiger partial charge in [-0.3, -0.25) is 0 Å². The molecule has 2 unspecified atom stereocenters. The van der Waals surface area contributed by atoms with Gasteiger partial charge in [-0.15, -0.1) is 0 Å². The van der Waals surface area contributed by atoms with Crippen LogP contribution in [0.1, 0.15) is 45.4 Å². The molecule has 0 bridgehead atoms. The van der Waals surface area contributed by atoms with Gasteiger partial charge in [0.15, 0.2) is 0 Å². The zero-order valence-corrected chi connectivity index (χ0v) is 10.5. The summed E-state index contributed by atoms with van der Waals surface area (Å²) in [5, 5.41) is 3.73. The predicted octanol–water partition coefficient (Wildman–Crippen LogP) is 3.30. The van der Waals surface area contributed by atoms with E-state index in [-0.39, 0.29) is 0 Å². The van der Waals surface area contributed by atoms with Crippen LogP contribution in [0, 0.1) is 5.92 Å². The van der Waals surface area contributed by atoms with Crippen LogP contribution < -0.4 is 5.32 Å². The Labute approximate surface area is 93.4 Å². The van der Waals surface area contributed by atoms with Gasteiger partial charge in [-0.05, 0) is 50.2 Å². The van der Waals surface area contributed by atoms with Gasteiger partial charge in [-0.2, -0.15) is 11.8 Å². The minimum atomic E-state index is 0.842. The zero-order chi connectivity index (χ0) is 10.2. The summed E-state index contributed by atoms with van der Waals surface area (Å²) < 4.78 is 0. The SMILES string of the molecule is CCC1CCCC1NCCCCSC. The van der Waals surface area contributed by atoms with E-state index >= 15 is 0 Å². The summed E-state index contributed by atoms with van der Waals surface area (Å²) in [5.41, 5.74) is 0. The second-order valence-electron chi connectivity index (χ2n) is 4.36.